The highest BCUT2D eigenvalue weighted by atomic mass is 35.5. The summed E-state index contributed by atoms with van der Waals surface area (Å²) in [4.78, 5) is 8.70. The van der Waals surface area contributed by atoms with Crippen molar-refractivity contribution in [2.45, 2.75) is 20.3 Å². The summed E-state index contributed by atoms with van der Waals surface area (Å²) in [5, 5.41) is 7.18. The van der Waals surface area contributed by atoms with Crippen molar-refractivity contribution >= 4 is 28.9 Å². The van der Waals surface area contributed by atoms with Crippen LogP contribution in [0.15, 0.2) is 30.3 Å². The van der Waals surface area contributed by atoms with Gasteiger partial charge in [0.2, 0.25) is 0 Å². The van der Waals surface area contributed by atoms with Gasteiger partial charge in [-0.25, -0.2) is 9.97 Å². The van der Waals surface area contributed by atoms with Crippen LogP contribution in [-0.4, -0.2) is 16.5 Å². The third kappa shape index (κ3) is 4.10. The molecular weight excluding hydrogens is 260 g/mol. The number of hydrogen-bond acceptors (Lipinski definition) is 4. The number of benzene rings is 1. The Morgan fingerprint density at radius 1 is 1.16 bits per heavy atom. The van der Waals surface area contributed by atoms with E-state index in [-0.39, 0.29) is 0 Å². The lowest BCUT2D eigenvalue weighted by Gasteiger charge is -2.09. The zero-order chi connectivity index (χ0) is 13.7. The SMILES string of the molecule is CCCNc1cc(Nc2cccc(Cl)c2)nc(C)n1. The highest BCUT2D eigenvalue weighted by molar-refractivity contribution is 6.30. The normalized spacial score (nSPS) is 10.3. The quantitative estimate of drug-likeness (QED) is 0.866. The standard InChI is InChI=1S/C14H17ClN4/c1-3-7-16-13-9-14(18-10(2)17-13)19-12-6-4-5-11(15)8-12/h4-6,8-9H,3,7H2,1-2H3,(H2,16,17,18,19). The first-order valence-corrected chi connectivity index (χ1v) is 6.67. The monoisotopic (exact) mass is 276 g/mol. The van der Waals surface area contributed by atoms with Gasteiger partial charge < -0.3 is 10.6 Å². The minimum atomic E-state index is 0.695. The summed E-state index contributed by atoms with van der Waals surface area (Å²) >= 11 is 5.96. The third-order valence-corrected chi connectivity index (χ3v) is 2.73. The lowest BCUT2D eigenvalue weighted by Crippen LogP contribution is -2.05. The van der Waals surface area contributed by atoms with Crippen molar-refractivity contribution in [3.05, 3.63) is 41.2 Å². The average Bonchev–Trinajstić information content (AvgIpc) is 2.35. The van der Waals surface area contributed by atoms with Gasteiger partial charge in [-0.15, -0.1) is 0 Å². The van der Waals surface area contributed by atoms with E-state index in [0.717, 1.165) is 36.1 Å². The van der Waals surface area contributed by atoms with Crippen molar-refractivity contribution in [2.75, 3.05) is 17.2 Å². The molecule has 0 amide bonds. The molecule has 2 N–H and O–H groups in total. The van der Waals surface area contributed by atoms with Gasteiger partial charge in [-0.3, -0.25) is 0 Å². The van der Waals surface area contributed by atoms with Gasteiger partial charge in [-0.2, -0.15) is 0 Å². The zero-order valence-electron chi connectivity index (χ0n) is 11.1. The summed E-state index contributed by atoms with van der Waals surface area (Å²) in [5.41, 5.74) is 0.909. The largest absolute Gasteiger partial charge is 0.370 e. The number of rotatable bonds is 5. The Labute approximate surface area is 118 Å². The molecule has 0 saturated heterocycles. The first-order valence-electron chi connectivity index (χ1n) is 6.29. The minimum Gasteiger partial charge on any atom is -0.370 e. The van der Waals surface area contributed by atoms with Crippen LogP contribution >= 0.6 is 11.6 Å². The smallest absolute Gasteiger partial charge is 0.136 e. The molecule has 0 atom stereocenters. The van der Waals surface area contributed by atoms with Gasteiger partial charge in [0.1, 0.15) is 17.5 Å². The van der Waals surface area contributed by atoms with Crippen LogP contribution in [0.25, 0.3) is 0 Å². The molecule has 2 rings (SSSR count). The van der Waals surface area contributed by atoms with E-state index in [1.165, 1.54) is 0 Å². The van der Waals surface area contributed by atoms with Gasteiger partial charge in [-0.05, 0) is 31.5 Å². The number of aryl methyl sites for hydroxylation is 1. The molecule has 4 nitrogen and oxygen atoms in total. The van der Waals surface area contributed by atoms with Crippen LogP contribution < -0.4 is 10.6 Å². The predicted molar refractivity (Wildman–Crippen MR) is 80.3 cm³/mol. The molecule has 0 aliphatic rings. The lowest BCUT2D eigenvalue weighted by molar-refractivity contribution is 0.955. The number of nitrogens with zero attached hydrogens (tertiary/aromatic N) is 2. The van der Waals surface area contributed by atoms with E-state index < -0.39 is 0 Å². The molecule has 0 spiro atoms. The van der Waals surface area contributed by atoms with Gasteiger partial charge in [0, 0.05) is 23.3 Å². The van der Waals surface area contributed by atoms with Gasteiger partial charge in [0.05, 0.1) is 0 Å². The minimum absolute atomic E-state index is 0.695. The first kappa shape index (κ1) is 13.6. The van der Waals surface area contributed by atoms with Gasteiger partial charge in [-0.1, -0.05) is 24.6 Å². The molecule has 0 saturated carbocycles. The Balaban J connectivity index is 2.17. The summed E-state index contributed by atoms with van der Waals surface area (Å²) in [7, 11) is 0. The summed E-state index contributed by atoms with van der Waals surface area (Å²) < 4.78 is 0. The van der Waals surface area contributed by atoms with E-state index >= 15 is 0 Å². The maximum atomic E-state index is 5.96. The molecule has 1 aromatic carbocycles. The van der Waals surface area contributed by atoms with Crippen LogP contribution in [0.2, 0.25) is 5.02 Å². The molecule has 19 heavy (non-hydrogen) atoms. The second kappa shape index (κ2) is 6.38. The highest BCUT2D eigenvalue weighted by Gasteiger charge is 2.02. The zero-order valence-corrected chi connectivity index (χ0v) is 11.8. The van der Waals surface area contributed by atoms with Crippen molar-refractivity contribution < 1.29 is 0 Å². The van der Waals surface area contributed by atoms with Gasteiger partial charge in [0.25, 0.3) is 0 Å². The number of anilines is 3. The van der Waals surface area contributed by atoms with E-state index in [0.29, 0.717) is 5.02 Å². The van der Waals surface area contributed by atoms with Crippen LogP contribution in [0.4, 0.5) is 17.3 Å². The Morgan fingerprint density at radius 2 is 1.95 bits per heavy atom. The van der Waals surface area contributed by atoms with Crippen molar-refractivity contribution in [3.8, 4) is 0 Å². The molecule has 0 unspecified atom stereocenters. The molecule has 1 aromatic heterocycles. The molecule has 1 heterocycles. The molecule has 100 valence electrons. The molecule has 5 heteroatoms. The summed E-state index contributed by atoms with van der Waals surface area (Å²) in [5.74, 6) is 2.32. The summed E-state index contributed by atoms with van der Waals surface area (Å²) in [6.45, 7) is 4.89. The third-order valence-electron chi connectivity index (χ3n) is 2.49. The van der Waals surface area contributed by atoms with E-state index in [4.69, 9.17) is 11.6 Å². The Morgan fingerprint density at radius 3 is 2.68 bits per heavy atom. The average molecular weight is 277 g/mol. The lowest BCUT2D eigenvalue weighted by atomic mass is 10.3. The molecule has 0 aliphatic heterocycles. The molecule has 0 aliphatic carbocycles. The van der Waals surface area contributed by atoms with E-state index in [1.807, 2.05) is 37.3 Å². The fraction of sp³-hybridized carbons (Fsp3) is 0.286. The van der Waals surface area contributed by atoms with Crippen LogP contribution in [0.1, 0.15) is 19.2 Å². The van der Waals surface area contributed by atoms with Crippen LogP contribution in [0, 0.1) is 6.92 Å². The molecule has 0 radical (unpaired) electrons. The summed E-state index contributed by atoms with van der Waals surface area (Å²) in [6.07, 6.45) is 1.06. The molecule has 2 aromatic rings. The number of halogens is 1. The van der Waals surface area contributed by atoms with Crippen LogP contribution in [0.3, 0.4) is 0 Å². The first-order chi connectivity index (χ1) is 9.17. The van der Waals surface area contributed by atoms with Crippen molar-refractivity contribution in [1.29, 1.82) is 0 Å². The van der Waals surface area contributed by atoms with Gasteiger partial charge in [0.15, 0.2) is 0 Å². The van der Waals surface area contributed by atoms with E-state index in [2.05, 4.69) is 27.5 Å². The number of nitrogens with one attached hydrogen (secondary N) is 2. The predicted octanol–water partition coefficient (Wildman–Crippen LogP) is 4.00. The van der Waals surface area contributed by atoms with Crippen molar-refractivity contribution in [3.63, 3.8) is 0 Å². The fourth-order valence-corrected chi connectivity index (χ4v) is 1.88. The maximum Gasteiger partial charge on any atom is 0.136 e. The fourth-order valence-electron chi connectivity index (χ4n) is 1.69. The molecule has 0 fully saturated rings. The van der Waals surface area contributed by atoms with Crippen molar-refractivity contribution in [1.82, 2.24) is 9.97 Å². The van der Waals surface area contributed by atoms with E-state index in [1.54, 1.807) is 0 Å². The van der Waals surface area contributed by atoms with E-state index in [9.17, 15) is 0 Å². The second-order valence-electron chi connectivity index (χ2n) is 4.25. The molecule has 0 bridgehead atoms. The van der Waals surface area contributed by atoms with Gasteiger partial charge >= 0.3 is 0 Å². The maximum absolute atomic E-state index is 5.96. The number of hydrogen-bond donors (Lipinski definition) is 2. The molecular formula is C14H17ClN4. The second-order valence-corrected chi connectivity index (χ2v) is 4.68. The Bertz CT molecular complexity index is 557. The van der Waals surface area contributed by atoms with Crippen LogP contribution in [-0.2, 0) is 0 Å². The highest BCUT2D eigenvalue weighted by Crippen LogP contribution is 2.20. The Kier molecular flexibility index (Phi) is 4.58. The topological polar surface area (TPSA) is 49.8 Å². The Hall–Kier alpha value is -1.81. The van der Waals surface area contributed by atoms with Crippen molar-refractivity contribution in [2.24, 2.45) is 0 Å². The number of aromatic nitrogens is 2. The van der Waals surface area contributed by atoms with Crippen LogP contribution in [0.5, 0.6) is 0 Å². The summed E-state index contributed by atoms with van der Waals surface area (Å²) in [6, 6.07) is 9.44.